The number of nitro groups is 2. The molecular formula is C49H60N10O23P2S3. The molecule has 0 saturated carbocycles. The van der Waals surface area contributed by atoms with E-state index in [0.29, 0.717) is 11.3 Å². The molecule has 0 unspecified atom stereocenters. The van der Waals surface area contributed by atoms with E-state index in [2.05, 4.69) is 0 Å². The SMILES string of the molecule is Cc1cc(C)c(N)c(S(=O)(=O)O)c1.Cc1ccc(N)c(C(=O)O)c1.Cc1ccc(N)c(P(=O)(O)O)c1.Cc1ccc(N)c(S(=O)(=O)O)c1.Nc1ccc(N)c(S(=O)(=O)O)c1.Nc1ccc([N+](=O)[O-])cc1C(=O)O.Nc1ccc([N+](=O)[O-])cc1P(=O)(O)O. The molecule has 38 heteroatoms. The highest BCUT2D eigenvalue weighted by atomic mass is 32.2. The van der Waals surface area contributed by atoms with Crippen LogP contribution in [0.4, 0.5) is 56.9 Å². The summed E-state index contributed by atoms with van der Waals surface area (Å²) in [6, 6.07) is 27.1. The second-order valence-corrected chi connectivity index (χ2v) is 24.9. The van der Waals surface area contributed by atoms with Crippen LogP contribution in [0.1, 0.15) is 48.5 Å². The van der Waals surface area contributed by atoms with Crippen molar-refractivity contribution >= 4 is 125 Å². The maximum atomic E-state index is 10.8. The first-order chi connectivity index (χ1) is 39.5. The van der Waals surface area contributed by atoms with Crippen LogP contribution in [0.15, 0.2) is 136 Å². The lowest BCUT2D eigenvalue weighted by molar-refractivity contribution is -0.385. The predicted octanol–water partition coefficient (Wildman–Crippen LogP) is 4.56. The van der Waals surface area contributed by atoms with Gasteiger partial charge in [-0.15, -0.1) is 0 Å². The monoisotopic (exact) mass is 1310 g/mol. The number of nitrogens with two attached hydrogens (primary N) is 8. The van der Waals surface area contributed by atoms with Crippen LogP contribution in [0, 0.1) is 54.8 Å². The summed E-state index contributed by atoms with van der Waals surface area (Å²) in [5.74, 6) is -2.26. The summed E-state index contributed by atoms with van der Waals surface area (Å²) in [6.45, 7) is 8.72. The van der Waals surface area contributed by atoms with E-state index in [9.17, 15) is 64.2 Å². The lowest BCUT2D eigenvalue weighted by atomic mass is 10.1. The minimum atomic E-state index is -4.55. The third-order valence-corrected chi connectivity index (χ3v) is 15.2. The highest BCUT2D eigenvalue weighted by Crippen LogP contribution is 2.37. The van der Waals surface area contributed by atoms with Crippen LogP contribution in [0.25, 0.3) is 0 Å². The highest BCUT2D eigenvalue weighted by Gasteiger charge is 2.24. The van der Waals surface area contributed by atoms with Crippen LogP contribution >= 0.6 is 15.2 Å². The zero-order valence-corrected chi connectivity index (χ0v) is 50.2. The summed E-state index contributed by atoms with van der Waals surface area (Å²) < 4.78 is 112. The molecule has 0 atom stereocenters. The summed E-state index contributed by atoms with van der Waals surface area (Å²) >= 11 is 0. The van der Waals surface area contributed by atoms with Crippen LogP contribution in [-0.2, 0) is 39.5 Å². The zero-order valence-electron chi connectivity index (χ0n) is 45.9. The van der Waals surface area contributed by atoms with Crippen molar-refractivity contribution in [2.24, 2.45) is 0 Å². The first-order valence-electron chi connectivity index (χ1n) is 23.2. The summed E-state index contributed by atoms with van der Waals surface area (Å²) in [5, 5.41) is 37.1. The number of carboxylic acids is 2. The number of anilines is 8. The first-order valence-corrected chi connectivity index (χ1v) is 30.7. The van der Waals surface area contributed by atoms with E-state index in [1.54, 1.807) is 64.1 Å². The van der Waals surface area contributed by atoms with E-state index >= 15 is 0 Å². The number of aromatic carboxylic acids is 2. The average Bonchev–Trinajstić information content (AvgIpc) is 2.09. The summed E-state index contributed by atoms with van der Waals surface area (Å²) in [6.07, 6.45) is 0. The van der Waals surface area contributed by atoms with Crippen LogP contribution in [0.2, 0.25) is 0 Å². The van der Waals surface area contributed by atoms with E-state index in [-0.39, 0.29) is 76.6 Å². The van der Waals surface area contributed by atoms with Crippen LogP contribution < -0.4 is 56.5 Å². The van der Waals surface area contributed by atoms with E-state index in [1.807, 2.05) is 6.92 Å². The molecule has 0 aliphatic carbocycles. The van der Waals surface area contributed by atoms with Gasteiger partial charge in [0.15, 0.2) is 0 Å². The number of nitro benzene ring substituents is 2. The normalized spacial score (nSPS) is 10.9. The van der Waals surface area contributed by atoms with E-state index < -0.39 is 78.3 Å². The van der Waals surface area contributed by atoms with E-state index in [4.69, 9.17) is 89.3 Å². The molecule has 7 aromatic carbocycles. The number of carboxylic acid groups (broad SMARTS) is 2. The van der Waals surface area contributed by atoms with Crippen molar-refractivity contribution in [1.29, 1.82) is 0 Å². The summed E-state index contributed by atoms with van der Waals surface area (Å²) in [5.41, 5.74) is 46.4. The van der Waals surface area contributed by atoms with Gasteiger partial charge >= 0.3 is 27.1 Å². The molecule has 33 nitrogen and oxygen atoms in total. The van der Waals surface area contributed by atoms with Crippen LogP contribution in [0.3, 0.4) is 0 Å². The molecule has 7 rings (SSSR count). The number of nitrogens with zero attached hydrogens (tertiary/aromatic N) is 2. The van der Waals surface area contributed by atoms with Gasteiger partial charge in [0.25, 0.3) is 41.7 Å². The van der Waals surface area contributed by atoms with Crippen LogP contribution in [-0.4, -0.2) is 90.5 Å². The zero-order chi connectivity index (χ0) is 67.7. The topological polar surface area (TPSA) is 647 Å². The molecule has 87 heavy (non-hydrogen) atoms. The van der Waals surface area contributed by atoms with Crippen molar-refractivity contribution in [1.82, 2.24) is 0 Å². The number of carbonyl (C=O) groups is 2. The maximum absolute atomic E-state index is 10.8. The maximum Gasteiger partial charge on any atom is 0.358 e. The molecule has 0 aliphatic rings. The van der Waals surface area contributed by atoms with Gasteiger partial charge in [0.2, 0.25) is 0 Å². The molecule has 0 radical (unpaired) electrons. The minimum Gasteiger partial charge on any atom is -0.478 e. The number of nitrogen functional groups attached to an aromatic ring is 8. The van der Waals surface area contributed by atoms with Gasteiger partial charge in [-0.3, -0.25) is 43.0 Å². The fourth-order valence-corrected chi connectivity index (χ4v) is 9.91. The van der Waals surface area contributed by atoms with Gasteiger partial charge in [-0.05, 0) is 124 Å². The quantitative estimate of drug-likeness (QED) is 0.0309. The molecule has 0 aromatic heterocycles. The number of benzene rings is 7. The van der Waals surface area contributed by atoms with Crippen molar-refractivity contribution in [2.75, 3.05) is 45.9 Å². The van der Waals surface area contributed by atoms with E-state index in [1.165, 1.54) is 48.5 Å². The fourth-order valence-electron chi connectivity index (χ4n) is 6.29. The largest absolute Gasteiger partial charge is 0.478 e. The second-order valence-electron chi connectivity index (χ2n) is 17.6. The number of rotatable bonds is 9. The second kappa shape index (κ2) is 31.2. The molecular weight excluding hydrogens is 1250 g/mol. The third kappa shape index (κ3) is 25.1. The fraction of sp³-hybridized carbons (Fsp3) is 0.102. The van der Waals surface area contributed by atoms with Gasteiger partial charge < -0.3 is 75.7 Å². The predicted molar refractivity (Wildman–Crippen MR) is 324 cm³/mol. The molecule has 0 spiro atoms. The minimum absolute atomic E-state index is 0.0121. The Morgan fingerprint density at radius 1 is 0.414 bits per heavy atom. The van der Waals surface area contributed by atoms with Crippen molar-refractivity contribution < 1.29 is 97.3 Å². The Balaban J connectivity index is 0.000000508. The molecule has 0 amide bonds. The van der Waals surface area contributed by atoms with Gasteiger partial charge in [-0.25, -0.2) is 9.59 Å². The summed E-state index contributed by atoms with van der Waals surface area (Å²) in [7, 11) is -21.4. The standard InChI is InChI=1S/C8H11NO3S.C8H9NO2.C7H6N2O4.C7H10NO3P.C7H9NO3S.C6H7N2O5P.C6H8N2O3S/c1-5-3-6(2)8(9)7(4-5)13(10,11)12;1-5-2-3-7(9)6(4-5)8(10)11;8-6-2-1-4(9(12)13)3-5(6)7(10)11;2*1-5-2-3-6(8)7(4-5)12(9,10)11;7-5-2-1-4(8(9)10)3-6(5)14(11,12)13;7-4-1-2-5(8)6(3-4)12(9,10)11/h3-4H,9H2,1-2H3,(H,10,11,12);2-4H,9H2,1H3,(H,10,11);1-3H,8H2,(H,10,11);2-4H,8H2,1H3,(H2,9,10,11);2-4H,8H2,1H3,(H,9,10,11);1-3H,7H2,(H2,11,12,13);1-3H,7-8H2,(H,9,10,11). The Hall–Kier alpha value is -9.29. The van der Waals surface area contributed by atoms with Crippen molar-refractivity contribution in [3.63, 3.8) is 0 Å². The average molecular weight is 1320 g/mol. The number of hydrogen-bond donors (Lipinski definition) is 17. The Morgan fingerprint density at radius 2 is 0.736 bits per heavy atom. The Bertz CT molecular complexity index is 4090. The lowest BCUT2D eigenvalue weighted by Gasteiger charge is -2.07. The molecule has 472 valence electrons. The lowest BCUT2D eigenvalue weighted by Crippen LogP contribution is -2.11. The molecule has 0 saturated heterocycles. The van der Waals surface area contributed by atoms with E-state index in [0.717, 1.165) is 58.7 Å². The summed E-state index contributed by atoms with van der Waals surface area (Å²) in [4.78, 5) is 74.5. The first kappa shape index (κ1) is 75.7. The molecule has 0 fully saturated rings. The Morgan fingerprint density at radius 3 is 1.10 bits per heavy atom. The third-order valence-electron chi connectivity index (χ3n) is 10.5. The number of non-ortho nitro benzene ring substituents is 2. The van der Waals surface area contributed by atoms with Crippen LogP contribution in [0.5, 0.6) is 0 Å². The molecule has 25 N–H and O–H groups in total. The van der Waals surface area contributed by atoms with Gasteiger partial charge in [0, 0.05) is 52.7 Å². The van der Waals surface area contributed by atoms with Gasteiger partial charge in [0.1, 0.15) is 14.7 Å². The number of hydrogen-bond acceptors (Lipinski definition) is 22. The Kier molecular flexibility index (Phi) is 27.2. The van der Waals surface area contributed by atoms with Gasteiger partial charge in [-0.1, -0.05) is 35.4 Å². The highest BCUT2D eigenvalue weighted by molar-refractivity contribution is 7.86. The Labute approximate surface area is 495 Å². The van der Waals surface area contributed by atoms with Gasteiger partial charge in [0.05, 0.1) is 48.6 Å². The molecule has 0 heterocycles. The van der Waals surface area contributed by atoms with Crippen molar-refractivity contribution in [3.8, 4) is 0 Å². The van der Waals surface area contributed by atoms with Gasteiger partial charge in [-0.2, -0.15) is 25.3 Å². The van der Waals surface area contributed by atoms with Crippen molar-refractivity contribution in [3.05, 3.63) is 181 Å². The molecule has 0 aliphatic heterocycles. The van der Waals surface area contributed by atoms with Crippen molar-refractivity contribution in [2.45, 2.75) is 49.3 Å². The number of aryl methyl sites for hydroxylation is 5. The molecule has 7 aromatic rings. The molecule has 0 bridgehead atoms. The smallest absolute Gasteiger partial charge is 0.358 e.